The summed E-state index contributed by atoms with van der Waals surface area (Å²) < 4.78 is 0. The third kappa shape index (κ3) is 2.61. The van der Waals surface area contributed by atoms with Crippen molar-refractivity contribution in [3.05, 3.63) is 0 Å². The highest BCUT2D eigenvalue weighted by atomic mass is 16.1. The lowest BCUT2D eigenvalue weighted by Gasteiger charge is -2.18. The molecule has 0 aliphatic heterocycles. The number of Topliss-reactive ketones (excluding diaryl/α,β-unsaturated/α-hetero) is 1. The lowest BCUT2D eigenvalue weighted by atomic mass is 10.1. The standard InChI is InChI=1S/C7H15NO/c1-5-7(6(2)9)8(3)4/h7H,5H2,1-4H3. The van der Waals surface area contributed by atoms with Gasteiger partial charge in [0.25, 0.3) is 0 Å². The highest BCUT2D eigenvalue weighted by molar-refractivity contribution is 5.81. The average Bonchev–Trinajstić information content (AvgIpc) is 1.64. The molecule has 0 aromatic heterocycles. The predicted molar refractivity (Wildman–Crippen MR) is 38.4 cm³/mol. The fourth-order valence-electron chi connectivity index (χ4n) is 1.02. The first-order chi connectivity index (χ1) is 4.09. The zero-order chi connectivity index (χ0) is 7.44. The van der Waals surface area contributed by atoms with Crippen molar-refractivity contribution in [1.82, 2.24) is 4.90 Å². The molecule has 0 fully saturated rings. The quantitative estimate of drug-likeness (QED) is 0.564. The Morgan fingerprint density at radius 3 is 2.00 bits per heavy atom. The largest absolute Gasteiger partial charge is 0.300 e. The van der Waals surface area contributed by atoms with Crippen molar-refractivity contribution >= 4 is 5.78 Å². The van der Waals surface area contributed by atoms with Crippen LogP contribution in [0.4, 0.5) is 0 Å². The Bertz CT molecular complexity index is 99.1. The van der Waals surface area contributed by atoms with Gasteiger partial charge in [0.05, 0.1) is 6.04 Å². The Labute approximate surface area is 56.9 Å². The third-order valence-corrected chi connectivity index (χ3v) is 1.48. The maximum atomic E-state index is 10.8. The van der Waals surface area contributed by atoms with Crippen LogP contribution in [0.3, 0.4) is 0 Å². The molecule has 0 aliphatic carbocycles. The van der Waals surface area contributed by atoms with Gasteiger partial charge in [-0.3, -0.25) is 9.69 Å². The monoisotopic (exact) mass is 129 g/mol. The van der Waals surface area contributed by atoms with Gasteiger partial charge in [-0.1, -0.05) is 6.92 Å². The number of rotatable bonds is 3. The van der Waals surface area contributed by atoms with Crippen LogP contribution in [0.1, 0.15) is 20.3 Å². The minimum Gasteiger partial charge on any atom is -0.300 e. The summed E-state index contributed by atoms with van der Waals surface area (Å²) in [6.07, 6.45) is 0.905. The maximum Gasteiger partial charge on any atom is 0.146 e. The van der Waals surface area contributed by atoms with Gasteiger partial charge in [0.2, 0.25) is 0 Å². The van der Waals surface area contributed by atoms with Gasteiger partial charge in [0.1, 0.15) is 5.78 Å². The molecular weight excluding hydrogens is 114 g/mol. The van der Waals surface area contributed by atoms with Crippen LogP contribution in [-0.2, 0) is 4.79 Å². The lowest BCUT2D eigenvalue weighted by Crippen LogP contribution is -2.33. The molecule has 0 aromatic carbocycles. The van der Waals surface area contributed by atoms with Crippen LogP contribution in [0.25, 0.3) is 0 Å². The Hall–Kier alpha value is -0.370. The Kier molecular flexibility index (Phi) is 3.47. The van der Waals surface area contributed by atoms with E-state index in [4.69, 9.17) is 0 Å². The van der Waals surface area contributed by atoms with E-state index in [9.17, 15) is 4.79 Å². The van der Waals surface area contributed by atoms with Gasteiger partial charge < -0.3 is 0 Å². The number of carbonyl (C=O) groups excluding carboxylic acids is 1. The zero-order valence-corrected chi connectivity index (χ0v) is 6.64. The van der Waals surface area contributed by atoms with Crippen molar-refractivity contribution in [3.63, 3.8) is 0 Å². The van der Waals surface area contributed by atoms with Crippen molar-refractivity contribution in [1.29, 1.82) is 0 Å². The summed E-state index contributed by atoms with van der Waals surface area (Å²) in [7, 11) is 3.85. The zero-order valence-electron chi connectivity index (χ0n) is 6.64. The van der Waals surface area contributed by atoms with Crippen molar-refractivity contribution in [2.75, 3.05) is 14.1 Å². The van der Waals surface area contributed by atoms with E-state index in [-0.39, 0.29) is 11.8 Å². The lowest BCUT2D eigenvalue weighted by molar-refractivity contribution is -0.121. The fraction of sp³-hybridized carbons (Fsp3) is 0.857. The average molecular weight is 129 g/mol. The van der Waals surface area contributed by atoms with E-state index in [0.29, 0.717) is 0 Å². The van der Waals surface area contributed by atoms with Crippen molar-refractivity contribution in [2.24, 2.45) is 0 Å². The minimum absolute atomic E-state index is 0.116. The fourth-order valence-corrected chi connectivity index (χ4v) is 1.02. The van der Waals surface area contributed by atoms with E-state index in [2.05, 4.69) is 0 Å². The number of hydrogen-bond donors (Lipinski definition) is 0. The maximum absolute atomic E-state index is 10.8. The van der Waals surface area contributed by atoms with Gasteiger partial charge >= 0.3 is 0 Å². The number of likely N-dealkylation sites (N-methyl/N-ethyl adjacent to an activating group) is 1. The van der Waals surface area contributed by atoms with Gasteiger partial charge in [-0.25, -0.2) is 0 Å². The van der Waals surface area contributed by atoms with Gasteiger partial charge in [-0.05, 0) is 27.4 Å². The molecule has 0 bridgehead atoms. The Morgan fingerprint density at radius 1 is 1.56 bits per heavy atom. The van der Waals surface area contributed by atoms with Crippen LogP contribution in [-0.4, -0.2) is 30.8 Å². The van der Waals surface area contributed by atoms with Crippen LogP contribution in [0, 0.1) is 0 Å². The van der Waals surface area contributed by atoms with E-state index >= 15 is 0 Å². The van der Waals surface area contributed by atoms with Crippen LogP contribution in [0.2, 0.25) is 0 Å². The first kappa shape index (κ1) is 8.63. The van der Waals surface area contributed by atoms with Crippen molar-refractivity contribution < 1.29 is 4.79 Å². The molecule has 0 saturated heterocycles. The van der Waals surface area contributed by atoms with Crippen molar-refractivity contribution in [3.8, 4) is 0 Å². The van der Waals surface area contributed by atoms with E-state index < -0.39 is 0 Å². The first-order valence-corrected chi connectivity index (χ1v) is 3.26. The topological polar surface area (TPSA) is 20.3 Å². The van der Waals surface area contributed by atoms with E-state index in [1.807, 2.05) is 25.9 Å². The highest BCUT2D eigenvalue weighted by Crippen LogP contribution is 1.98. The molecule has 0 rings (SSSR count). The molecule has 0 N–H and O–H groups in total. The summed E-state index contributed by atoms with van der Waals surface area (Å²) in [5.41, 5.74) is 0. The van der Waals surface area contributed by atoms with Crippen LogP contribution in [0.5, 0.6) is 0 Å². The molecule has 0 aromatic rings. The SMILES string of the molecule is CCC(C(C)=O)N(C)C. The van der Waals surface area contributed by atoms with Crippen LogP contribution in [0.15, 0.2) is 0 Å². The van der Waals surface area contributed by atoms with Gasteiger partial charge in [0, 0.05) is 0 Å². The molecule has 2 heteroatoms. The highest BCUT2D eigenvalue weighted by Gasteiger charge is 2.12. The molecule has 0 spiro atoms. The smallest absolute Gasteiger partial charge is 0.146 e. The van der Waals surface area contributed by atoms with Crippen LogP contribution >= 0.6 is 0 Å². The molecular formula is C7H15NO. The van der Waals surface area contributed by atoms with Gasteiger partial charge in [0.15, 0.2) is 0 Å². The summed E-state index contributed by atoms with van der Waals surface area (Å²) >= 11 is 0. The Balaban J connectivity index is 3.83. The molecule has 0 amide bonds. The molecule has 1 atom stereocenters. The molecule has 0 heterocycles. The summed E-state index contributed by atoms with van der Waals surface area (Å²) in [5.74, 6) is 0.252. The first-order valence-electron chi connectivity index (χ1n) is 3.26. The predicted octanol–water partition coefficient (Wildman–Crippen LogP) is 0.916. The van der Waals surface area contributed by atoms with E-state index in [1.165, 1.54) is 0 Å². The molecule has 1 unspecified atom stereocenters. The third-order valence-electron chi connectivity index (χ3n) is 1.48. The molecule has 0 saturated carbocycles. The number of nitrogens with zero attached hydrogens (tertiary/aromatic N) is 1. The molecule has 9 heavy (non-hydrogen) atoms. The minimum atomic E-state index is 0.116. The normalized spacial score (nSPS) is 13.9. The summed E-state index contributed by atoms with van der Waals surface area (Å²) in [4.78, 5) is 12.7. The molecule has 0 aliphatic rings. The Morgan fingerprint density at radius 2 is 2.00 bits per heavy atom. The summed E-state index contributed by atoms with van der Waals surface area (Å²) in [5, 5.41) is 0. The second-order valence-corrected chi connectivity index (χ2v) is 2.50. The summed E-state index contributed by atoms with van der Waals surface area (Å²) in [6, 6.07) is 0.116. The van der Waals surface area contributed by atoms with Gasteiger partial charge in [-0.2, -0.15) is 0 Å². The molecule has 2 nitrogen and oxygen atoms in total. The van der Waals surface area contributed by atoms with Crippen LogP contribution < -0.4 is 0 Å². The number of ketones is 1. The molecule has 0 radical (unpaired) electrons. The number of carbonyl (C=O) groups is 1. The second-order valence-electron chi connectivity index (χ2n) is 2.50. The van der Waals surface area contributed by atoms with Crippen molar-refractivity contribution in [2.45, 2.75) is 26.3 Å². The van der Waals surface area contributed by atoms with E-state index in [0.717, 1.165) is 6.42 Å². The van der Waals surface area contributed by atoms with Gasteiger partial charge in [-0.15, -0.1) is 0 Å². The second kappa shape index (κ2) is 3.62. The molecule has 54 valence electrons. The summed E-state index contributed by atoms with van der Waals surface area (Å²) in [6.45, 7) is 3.65. The van der Waals surface area contributed by atoms with E-state index in [1.54, 1.807) is 6.92 Å². The number of hydrogen-bond acceptors (Lipinski definition) is 2.